The first-order valence-corrected chi connectivity index (χ1v) is 14.1. The molecule has 29 heavy (non-hydrogen) atoms. The van der Waals surface area contributed by atoms with Gasteiger partial charge in [0.25, 0.3) is 0 Å². The van der Waals surface area contributed by atoms with Gasteiger partial charge in [0.1, 0.15) is 0 Å². The molecule has 0 amide bonds. The molecule has 0 unspecified atom stereocenters. The van der Waals surface area contributed by atoms with Crippen molar-refractivity contribution in [2.75, 3.05) is 0 Å². The van der Waals surface area contributed by atoms with Crippen LogP contribution in [0.15, 0.2) is 18.2 Å². The maximum absolute atomic E-state index is 2.61. The van der Waals surface area contributed by atoms with Crippen LogP contribution in [0.25, 0.3) is 0 Å². The Kier molecular flexibility index (Phi) is 9.50. The van der Waals surface area contributed by atoms with Gasteiger partial charge in [-0.25, -0.2) is 16.4 Å². The van der Waals surface area contributed by atoms with Gasteiger partial charge < -0.3 is 0 Å². The molecule has 1 saturated carbocycles. The topological polar surface area (TPSA) is 0 Å². The second-order valence-corrected chi connectivity index (χ2v) is 14.7. The summed E-state index contributed by atoms with van der Waals surface area (Å²) in [6.45, 7) is 21.7. The van der Waals surface area contributed by atoms with Crippen molar-refractivity contribution < 1.29 is 37.7 Å². The van der Waals surface area contributed by atoms with Gasteiger partial charge in [-0.1, -0.05) is 68.0 Å². The molecular weight excluding hydrogens is 354 g/mol. The molecule has 2 aromatic carbocycles. The van der Waals surface area contributed by atoms with E-state index in [9.17, 15) is 0 Å². The molecule has 2 aromatic rings. The van der Waals surface area contributed by atoms with E-state index in [2.05, 4.69) is 79.8 Å². The van der Waals surface area contributed by atoms with Gasteiger partial charge in [0.15, 0.2) is 0 Å². The third-order valence-electron chi connectivity index (χ3n) is 8.01. The molecule has 3 atom stereocenters. The van der Waals surface area contributed by atoms with Crippen molar-refractivity contribution in [3.05, 3.63) is 46.0 Å². The summed E-state index contributed by atoms with van der Waals surface area (Å²) < 4.78 is 0. The van der Waals surface area contributed by atoms with Crippen LogP contribution in [0, 0.1) is 45.4 Å². The Labute approximate surface area is 205 Å². The zero-order chi connectivity index (χ0) is 20.1. The average Bonchev–Trinajstić information content (AvgIpc) is 3.16. The van der Waals surface area contributed by atoms with Crippen LogP contribution in [0.5, 0.6) is 0 Å². The zero-order valence-corrected chi connectivity index (χ0v) is 22.2. The summed E-state index contributed by atoms with van der Waals surface area (Å²) in [6, 6.07) is 7.57. The van der Waals surface area contributed by atoms with E-state index in [4.69, 9.17) is 0 Å². The summed E-state index contributed by atoms with van der Waals surface area (Å²) in [5, 5.41) is 3.32. The van der Waals surface area contributed by atoms with E-state index in [1.807, 2.05) is 0 Å². The minimum absolute atomic E-state index is 0. The minimum atomic E-state index is -1.66. The van der Waals surface area contributed by atoms with Crippen LogP contribution in [0.2, 0.25) is 13.1 Å². The molecule has 3 heteroatoms. The summed E-state index contributed by atoms with van der Waals surface area (Å²) in [5.41, 5.74) is 7.75. The van der Waals surface area contributed by atoms with E-state index < -0.39 is 8.07 Å². The Bertz CT molecular complexity index is 784. The van der Waals surface area contributed by atoms with Crippen molar-refractivity contribution in [2.24, 2.45) is 17.8 Å². The minimum Gasteiger partial charge on any atom is -0.210 e. The predicted octanol–water partition coefficient (Wildman–Crippen LogP) is 0.364. The summed E-state index contributed by atoms with van der Waals surface area (Å²) in [4.78, 5) is 0. The third-order valence-corrected chi connectivity index (χ3v) is 11.8. The summed E-state index contributed by atoms with van der Waals surface area (Å²) in [6.07, 6.45) is 4.20. The molecule has 0 aromatic heterocycles. The molecule has 0 nitrogen and oxygen atoms in total. The van der Waals surface area contributed by atoms with Crippen molar-refractivity contribution >= 4 is 18.4 Å². The Morgan fingerprint density at radius 1 is 1.07 bits per heavy atom. The number of hydrogen-bond acceptors (Lipinski definition) is 0. The normalized spacial score (nSPS) is 22.3. The molecule has 0 aliphatic heterocycles. The van der Waals surface area contributed by atoms with Crippen molar-refractivity contribution in [2.45, 2.75) is 86.7 Å². The van der Waals surface area contributed by atoms with Gasteiger partial charge in [0.05, 0.1) is 0 Å². The molecule has 0 radical (unpaired) electrons. The van der Waals surface area contributed by atoms with Crippen molar-refractivity contribution in [3.8, 4) is 0 Å². The van der Waals surface area contributed by atoms with Gasteiger partial charge >= 0.3 is 37.7 Å². The molecule has 1 fully saturated rings. The first kappa shape index (κ1) is 27.1. The predicted molar refractivity (Wildman–Crippen MR) is 124 cm³/mol. The second kappa shape index (κ2) is 10.2. The number of hydrogen-bond donors (Lipinski definition) is 0. The summed E-state index contributed by atoms with van der Waals surface area (Å²) in [5.74, 6) is 3.28. The van der Waals surface area contributed by atoms with Gasteiger partial charge in [0.2, 0.25) is 0 Å². The van der Waals surface area contributed by atoms with Crippen LogP contribution in [0.3, 0.4) is 0 Å². The smallest absolute Gasteiger partial charge is 0.210 e. The molecule has 0 spiro atoms. The van der Waals surface area contributed by atoms with E-state index >= 15 is 0 Å². The van der Waals surface area contributed by atoms with Crippen molar-refractivity contribution in [3.63, 3.8) is 0 Å². The fourth-order valence-corrected chi connectivity index (χ4v) is 9.53. The summed E-state index contributed by atoms with van der Waals surface area (Å²) in [7, 11) is -1.66. The maximum atomic E-state index is 2.61. The molecule has 0 heterocycles. The van der Waals surface area contributed by atoms with E-state index in [-0.39, 0.29) is 37.7 Å². The Balaban J connectivity index is 0.00000210. The average molecular weight is 395 g/mol. The molecule has 150 valence electrons. The van der Waals surface area contributed by atoms with Crippen molar-refractivity contribution in [1.82, 2.24) is 0 Å². The van der Waals surface area contributed by atoms with Crippen molar-refractivity contribution in [1.29, 1.82) is 0 Å². The molecule has 0 bridgehead atoms. The molecule has 0 saturated heterocycles. The van der Waals surface area contributed by atoms with Gasteiger partial charge in [0, 0.05) is 0 Å². The standard InChI is InChI=1S/C26H40Si.2Li/c1-16(2)24-13-10-17(3)14-25(24)22-11-12-23(15-22)27(8,9)26-20(6)18(4)19(5)21(26)7;;/h11-12,15-17,24-25H,10,13-14H2,1-9H3;;/q-2;2*+1/t17-,24+,25+;;/m1../s1. The molecule has 3 rings (SSSR count). The van der Waals surface area contributed by atoms with Crippen LogP contribution >= 0.6 is 0 Å². The maximum Gasteiger partial charge on any atom is 1.00 e. The van der Waals surface area contributed by atoms with Crippen LogP contribution in [0.1, 0.15) is 73.8 Å². The van der Waals surface area contributed by atoms with Gasteiger partial charge in [-0.05, 0) is 44.6 Å². The molecule has 1 aliphatic carbocycles. The summed E-state index contributed by atoms with van der Waals surface area (Å²) >= 11 is 0. The first-order valence-electron chi connectivity index (χ1n) is 11.1. The first-order chi connectivity index (χ1) is 12.6. The SMILES string of the molecule is Cc1c([Si](C)(C)c2c[cH-]c([C@@H]3C[C@H](C)CC[C@H]3C(C)C)c2)c(C)[c-](C)c1C.[Li+].[Li+]. The van der Waals surface area contributed by atoms with E-state index in [1.165, 1.54) is 30.4 Å². The fraction of sp³-hybridized carbons (Fsp3) is 0.615. The molecule has 0 N–H and O–H groups in total. The quantitative estimate of drug-likeness (QED) is 0.519. The van der Waals surface area contributed by atoms with E-state index in [0.717, 1.165) is 23.7 Å². The van der Waals surface area contributed by atoms with E-state index in [0.29, 0.717) is 0 Å². The Morgan fingerprint density at radius 3 is 2.21 bits per heavy atom. The largest absolute Gasteiger partial charge is 1.00 e. The van der Waals surface area contributed by atoms with Gasteiger partial charge in [-0.3, -0.25) is 0 Å². The van der Waals surface area contributed by atoms with Crippen LogP contribution in [0.4, 0.5) is 0 Å². The molecular formula is C26H40Li2Si. The van der Waals surface area contributed by atoms with Crippen LogP contribution < -0.4 is 48.1 Å². The third kappa shape index (κ3) is 4.97. The monoisotopic (exact) mass is 394 g/mol. The zero-order valence-electron chi connectivity index (χ0n) is 21.2. The van der Waals surface area contributed by atoms with E-state index in [1.54, 1.807) is 27.1 Å². The Morgan fingerprint density at radius 2 is 1.69 bits per heavy atom. The fourth-order valence-electron chi connectivity index (χ4n) is 5.97. The van der Waals surface area contributed by atoms with Gasteiger partial charge in [-0.15, -0.1) is 0 Å². The van der Waals surface area contributed by atoms with Crippen LogP contribution in [-0.2, 0) is 0 Å². The van der Waals surface area contributed by atoms with Crippen LogP contribution in [-0.4, -0.2) is 8.07 Å². The second-order valence-electron chi connectivity index (χ2n) is 10.4. The molecule has 1 aliphatic rings. The Hall–Kier alpha value is 0.112. The number of rotatable bonds is 4. The van der Waals surface area contributed by atoms with Gasteiger partial charge in [-0.2, -0.15) is 39.9 Å².